The van der Waals surface area contributed by atoms with Crippen LogP contribution in [0.25, 0.3) is 0 Å². The van der Waals surface area contributed by atoms with Gasteiger partial charge < -0.3 is 89.9 Å². The molecule has 550 valence electrons. The van der Waals surface area contributed by atoms with Gasteiger partial charge in [0.05, 0.1) is 38.6 Å². The highest BCUT2D eigenvalue weighted by molar-refractivity contribution is 5.76. The Morgan fingerprint density at radius 2 is 0.722 bits per heavy atom. The van der Waals surface area contributed by atoms with Crippen LogP contribution >= 0.6 is 0 Å². The Bertz CT molecular complexity index is 2370. The van der Waals surface area contributed by atoms with Crippen molar-refractivity contribution in [2.75, 3.05) is 26.4 Å². The Morgan fingerprint density at radius 1 is 0.381 bits per heavy atom. The molecule has 0 aromatic rings. The van der Waals surface area contributed by atoms with E-state index < -0.39 is 131 Å². The van der Waals surface area contributed by atoms with Crippen LogP contribution in [0.3, 0.4) is 0 Å². The fourth-order valence-electron chi connectivity index (χ4n) is 11.0. The molecule has 3 heterocycles. The summed E-state index contributed by atoms with van der Waals surface area (Å²) in [4.78, 5) is 13.4. The van der Waals surface area contributed by atoms with E-state index >= 15 is 0 Å². The molecule has 17 unspecified atom stereocenters. The number of hydrogen-bond acceptors (Lipinski definition) is 18. The highest BCUT2D eigenvalue weighted by Gasteiger charge is 2.53. The van der Waals surface area contributed by atoms with Crippen LogP contribution < -0.4 is 5.32 Å². The van der Waals surface area contributed by atoms with E-state index in [4.69, 9.17) is 28.4 Å². The van der Waals surface area contributed by atoms with Gasteiger partial charge in [-0.2, -0.15) is 0 Å². The molecule has 0 aliphatic carbocycles. The molecule has 3 rings (SSSR count). The molecule has 3 saturated heterocycles. The maximum atomic E-state index is 13.4. The third-order valence-electron chi connectivity index (χ3n) is 16.8. The molecule has 0 saturated carbocycles. The summed E-state index contributed by atoms with van der Waals surface area (Å²) < 4.78 is 34.3. The second-order valence-electron chi connectivity index (χ2n) is 24.9. The molecule has 12 N–H and O–H groups in total. The molecule has 0 aromatic heterocycles. The smallest absolute Gasteiger partial charge is 0.220 e. The van der Waals surface area contributed by atoms with Gasteiger partial charge in [0.15, 0.2) is 18.9 Å². The lowest BCUT2D eigenvalue weighted by Crippen LogP contribution is -2.66. The maximum absolute atomic E-state index is 13.4. The average molecular weight is 1360 g/mol. The maximum Gasteiger partial charge on any atom is 0.220 e. The average Bonchev–Trinajstić information content (AvgIpc) is 0.792. The molecule has 19 nitrogen and oxygen atoms in total. The molecule has 97 heavy (non-hydrogen) atoms. The van der Waals surface area contributed by atoms with Crippen molar-refractivity contribution in [1.82, 2.24) is 5.32 Å². The van der Waals surface area contributed by atoms with Crippen LogP contribution in [-0.4, -0.2) is 193 Å². The molecule has 3 fully saturated rings. The molecule has 0 aromatic carbocycles. The summed E-state index contributed by atoms with van der Waals surface area (Å²) in [5.41, 5.74) is 0. The van der Waals surface area contributed by atoms with Crippen molar-refractivity contribution in [3.63, 3.8) is 0 Å². The number of allylic oxidation sites excluding steroid dienone is 25. The van der Waals surface area contributed by atoms with E-state index in [2.05, 4.69) is 165 Å². The Kier molecular flexibility index (Phi) is 51.0. The predicted molar refractivity (Wildman–Crippen MR) is 382 cm³/mol. The van der Waals surface area contributed by atoms with Crippen molar-refractivity contribution in [2.24, 2.45) is 0 Å². The molecule has 0 spiro atoms. The van der Waals surface area contributed by atoms with E-state index in [1.54, 1.807) is 6.08 Å². The number of carbonyl (C=O) groups excluding carboxylic acids is 1. The Morgan fingerprint density at radius 3 is 1.15 bits per heavy atom. The second-order valence-corrected chi connectivity index (χ2v) is 24.9. The lowest BCUT2D eigenvalue weighted by Gasteiger charge is -2.48. The SMILES string of the molecule is CC/C=C\C/C=C\C/C=C\C/C=C\C/C=C\C/C=C\C/C=C\C/C=C\C/C=C\C/C=C\CCCCCCC(=O)NC(COC1OC(CO)C(OC2OC(CO)C(OC3OC(CO)C(O)C(O)C3O)C(O)C2O)C(O)C1O)C(O)/C=C/CC/C=C/CC/C=C/CCCCCCCCC. The van der Waals surface area contributed by atoms with E-state index in [1.807, 2.05) is 6.08 Å². The molecule has 1 amide bonds. The lowest BCUT2D eigenvalue weighted by atomic mass is 9.96. The van der Waals surface area contributed by atoms with Crippen molar-refractivity contribution in [1.29, 1.82) is 0 Å². The van der Waals surface area contributed by atoms with Crippen molar-refractivity contribution in [2.45, 2.75) is 298 Å². The number of nitrogens with one attached hydrogen (secondary N) is 1. The van der Waals surface area contributed by atoms with Gasteiger partial charge in [-0.15, -0.1) is 0 Å². The van der Waals surface area contributed by atoms with E-state index in [9.17, 15) is 61.0 Å². The summed E-state index contributed by atoms with van der Waals surface area (Å²) in [5, 5.41) is 120. The fourth-order valence-corrected chi connectivity index (χ4v) is 11.0. The zero-order chi connectivity index (χ0) is 70.4. The summed E-state index contributed by atoms with van der Waals surface area (Å²) in [7, 11) is 0. The number of unbranched alkanes of at least 4 members (excludes halogenated alkanes) is 13. The third-order valence-corrected chi connectivity index (χ3v) is 16.8. The molecule has 0 bridgehead atoms. The molecule has 3 aliphatic rings. The predicted octanol–water partition coefficient (Wildman–Crippen LogP) is 10.5. The molecular formula is C78H125NO18. The van der Waals surface area contributed by atoms with Gasteiger partial charge in [0.2, 0.25) is 5.91 Å². The molecule has 19 heteroatoms. The summed E-state index contributed by atoms with van der Waals surface area (Å²) in [6.45, 7) is 1.53. The molecular weight excluding hydrogens is 1240 g/mol. The zero-order valence-electron chi connectivity index (χ0n) is 58.2. The minimum absolute atomic E-state index is 0.191. The summed E-state index contributed by atoms with van der Waals surface area (Å²) in [6.07, 6.45) is 56.4. The van der Waals surface area contributed by atoms with Crippen molar-refractivity contribution in [3.8, 4) is 0 Å². The monoisotopic (exact) mass is 1360 g/mol. The fraction of sp³-hybridized carbons (Fsp3) is 0.654. The highest BCUT2D eigenvalue weighted by atomic mass is 16.8. The molecule has 0 radical (unpaired) electrons. The van der Waals surface area contributed by atoms with Gasteiger partial charge in [0.1, 0.15) is 73.2 Å². The second kappa shape index (κ2) is 57.1. The Hall–Kier alpha value is -4.59. The molecule has 17 atom stereocenters. The number of rotatable bonds is 53. The number of amides is 1. The van der Waals surface area contributed by atoms with E-state index in [0.717, 1.165) is 116 Å². The highest BCUT2D eigenvalue weighted by Crippen LogP contribution is 2.33. The van der Waals surface area contributed by atoms with Crippen molar-refractivity contribution < 1.29 is 89.4 Å². The quantitative estimate of drug-likeness (QED) is 0.0199. The zero-order valence-corrected chi connectivity index (χ0v) is 58.2. The number of aliphatic hydroxyl groups is 11. The first kappa shape index (κ1) is 86.6. The van der Waals surface area contributed by atoms with Crippen LogP contribution in [0.2, 0.25) is 0 Å². The number of carbonyl (C=O) groups is 1. The minimum Gasteiger partial charge on any atom is -0.394 e. The van der Waals surface area contributed by atoms with Gasteiger partial charge in [0, 0.05) is 6.42 Å². The number of hydrogen-bond donors (Lipinski definition) is 12. The third kappa shape index (κ3) is 38.1. The Labute approximate surface area is 580 Å². The van der Waals surface area contributed by atoms with E-state index in [-0.39, 0.29) is 12.3 Å². The summed E-state index contributed by atoms with van der Waals surface area (Å²) in [5.74, 6) is -0.322. The number of aliphatic hydroxyl groups excluding tert-OH is 11. The largest absolute Gasteiger partial charge is 0.394 e. The van der Waals surface area contributed by atoms with Crippen LogP contribution in [0.5, 0.6) is 0 Å². The van der Waals surface area contributed by atoms with Crippen LogP contribution in [0.1, 0.15) is 194 Å². The van der Waals surface area contributed by atoms with E-state index in [1.165, 1.54) is 44.9 Å². The minimum atomic E-state index is -1.99. The van der Waals surface area contributed by atoms with Crippen LogP contribution in [0, 0.1) is 0 Å². The van der Waals surface area contributed by atoms with Gasteiger partial charge >= 0.3 is 0 Å². The molecule has 3 aliphatic heterocycles. The number of ether oxygens (including phenoxy) is 6. The van der Waals surface area contributed by atoms with Crippen LogP contribution in [0.4, 0.5) is 0 Å². The van der Waals surface area contributed by atoms with Gasteiger partial charge in [-0.05, 0) is 122 Å². The standard InChI is InChI=1S/C78H125NO18/c1-3-5-7-9-11-13-15-17-19-21-22-23-24-25-26-27-28-29-30-31-32-33-34-35-36-37-38-40-42-44-46-48-50-52-54-56-66(84)79-61(62(83)55-53-51-49-47-45-43-41-39-20-18-16-14-12-10-8-6-4-2)60-92-76-72(90)69(87)74(64(58-81)94-76)97-78-73(91)70(88)75(65(59-82)95-78)96-77-71(89)68(86)67(85)63(57-80)93-77/h5,7,11,13,17,19-20,22-23,25-26,28-29,31-32,34-35,37-39,42,44-45,47,53,55,61-65,67-78,80-83,85-91H,3-4,6,8-10,12,14-16,18,21,24,27,30,33,36,40-41,43,46,48-52,54,56-60H2,1-2H3,(H,79,84)/b7-5-,13-11-,19-17-,23-22-,26-25-,29-28-,32-31-,35-34-,38-37-,39-20+,44-42-,47-45+,55-53+. The van der Waals surface area contributed by atoms with Crippen molar-refractivity contribution in [3.05, 3.63) is 158 Å². The van der Waals surface area contributed by atoms with Crippen LogP contribution in [-0.2, 0) is 33.2 Å². The Balaban J connectivity index is 1.42. The first-order chi connectivity index (χ1) is 47.3. The van der Waals surface area contributed by atoms with Gasteiger partial charge in [-0.3, -0.25) is 4.79 Å². The van der Waals surface area contributed by atoms with Crippen LogP contribution in [0.15, 0.2) is 158 Å². The van der Waals surface area contributed by atoms with Gasteiger partial charge in [-0.1, -0.05) is 223 Å². The topological polar surface area (TPSA) is 307 Å². The van der Waals surface area contributed by atoms with E-state index in [0.29, 0.717) is 12.8 Å². The van der Waals surface area contributed by atoms with Gasteiger partial charge in [0.25, 0.3) is 0 Å². The summed E-state index contributed by atoms with van der Waals surface area (Å²) in [6, 6.07) is -1.02. The first-order valence-electron chi connectivity index (χ1n) is 36.2. The van der Waals surface area contributed by atoms with Gasteiger partial charge in [-0.25, -0.2) is 0 Å². The van der Waals surface area contributed by atoms with Crippen molar-refractivity contribution >= 4 is 5.91 Å². The lowest BCUT2D eigenvalue weighted by molar-refractivity contribution is -0.379. The normalized spacial score (nSPS) is 27.9. The first-order valence-corrected chi connectivity index (χ1v) is 36.2. The summed E-state index contributed by atoms with van der Waals surface area (Å²) >= 11 is 0.